The average Bonchev–Trinajstić information content (AvgIpc) is 2.20. The molecule has 0 saturated carbocycles. The van der Waals surface area contributed by atoms with Crippen molar-refractivity contribution in [2.75, 3.05) is 5.32 Å². The Morgan fingerprint density at radius 3 is 3.00 bits per heavy atom. The van der Waals surface area contributed by atoms with Crippen molar-refractivity contribution in [2.45, 2.75) is 13.8 Å². The molecular weight excluding hydrogens is 178 g/mol. The van der Waals surface area contributed by atoms with Crippen LogP contribution in [-0.2, 0) is 4.79 Å². The van der Waals surface area contributed by atoms with E-state index in [0.29, 0.717) is 5.69 Å². The van der Waals surface area contributed by atoms with E-state index in [9.17, 15) is 4.79 Å². The molecule has 1 unspecified atom stereocenters. The van der Waals surface area contributed by atoms with Crippen LogP contribution in [0.15, 0.2) is 18.5 Å². The molecule has 72 valence electrons. The molecule has 1 heterocycles. The fraction of sp³-hybridized carbons (Fsp3) is 0.300. The van der Waals surface area contributed by atoms with Gasteiger partial charge in [0.05, 0.1) is 6.07 Å². The fourth-order valence-electron chi connectivity index (χ4n) is 0.913. The number of nitriles is 1. The molecule has 0 aliphatic heterocycles. The number of rotatable bonds is 2. The van der Waals surface area contributed by atoms with Gasteiger partial charge in [0, 0.05) is 18.1 Å². The van der Waals surface area contributed by atoms with Crippen LogP contribution in [0.25, 0.3) is 0 Å². The smallest absolute Gasteiger partial charge is 0.241 e. The first-order valence-electron chi connectivity index (χ1n) is 4.26. The van der Waals surface area contributed by atoms with Crippen LogP contribution in [0.5, 0.6) is 0 Å². The van der Waals surface area contributed by atoms with Crippen LogP contribution in [0, 0.1) is 24.2 Å². The Labute approximate surface area is 82.6 Å². The van der Waals surface area contributed by atoms with Crippen molar-refractivity contribution >= 4 is 11.6 Å². The molecular formula is C10H11N3O. The van der Waals surface area contributed by atoms with Gasteiger partial charge in [-0.15, -0.1) is 0 Å². The van der Waals surface area contributed by atoms with E-state index in [2.05, 4.69) is 10.3 Å². The molecule has 0 saturated heterocycles. The van der Waals surface area contributed by atoms with Gasteiger partial charge >= 0.3 is 0 Å². The Kier molecular flexibility index (Phi) is 3.19. The summed E-state index contributed by atoms with van der Waals surface area (Å²) in [6, 6.07) is 3.58. The molecule has 0 radical (unpaired) electrons. The number of hydrogen-bond donors (Lipinski definition) is 1. The first-order chi connectivity index (χ1) is 6.65. The lowest BCUT2D eigenvalue weighted by Crippen LogP contribution is -2.19. The standard InChI is InChI=1S/C10H11N3O/c1-7(5-11)10(14)13-9-3-4-12-6-8(9)2/h3-4,6-7H,1-2H3,(H,12,13,14). The van der Waals surface area contributed by atoms with Crippen molar-refractivity contribution in [3.05, 3.63) is 24.0 Å². The third kappa shape index (κ3) is 2.30. The largest absolute Gasteiger partial charge is 0.325 e. The zero-order chi connectivity index (χ0) is 10.6. The highest BCUT2D eigenvalue weighted by Crippen LogP contribution is 2.12. The summed E-state index contributed by atoms with van der Waals surface area (Å²) < 4.78 is 0. The van der Waals surface area contributed by atoms with Crippen LogP contribution in [0.3, 0.4) is 0 Å². The van der Waals surface area contributed by atoms with E-state index in [-0.39, 0.29) is 5.91 Å². The van der Waals surface area contributed by atoms with Crippen molar-refractivity contribution in [2.24, 2.45) is 5.92 Å². The quantitative estimate of drug-likeness (QED) is 0.766. The molecule has 4 nitrogen and oxygen atoms in total. The number of hydrogen-bond acceptors (Lipinski definition) is 3. The average molecular weight is 189 g/mol. The lowest BCUT2D eigenvalue weighted by molar-refractivity contribution is -0.117. The first kappa shape index (κ1) is 10.2. The molecule has 0 aliphatic rings. The first-order valence-corrected chi connectivity index (χ1v) is 4.26. The Hall–Kier alpha value is -1.89. The zero-order valence-electron chi connectivity index (χ0n) is 8.11. The fourth-order valence-corrected chi connectivity index (χ4v) is 0.913. The maximum atomic E-state index is 11.3. The second-order valence-corrected chi connectivity index (χ2v) is 3.03. The summed E-state index contributed by atoms with van der Waals surface area (Å²) in [5.74, 6) is -0.927. The molecule has 0 aromatic carbocycles. The van der Waals surface area contributed by atoms with Gasteiger partial charge in [0.2, 0.25) is 5.91 Å². The lowest BCUT2D eigenvalue weighted by atomic mass is 10.2. The predicted molar refractivity (Wildman–Crippen MR) is 52.4 cm³/mol. The second-order valence-electron chi connectivity index (χ2n) is 3.03. The molecule has 1 atom stereocenters. The van der Waals surface area contributed by atoms with E-state index in [1.54, 1.807) is 25.4 Å². The van der Waals surface area contributed by atoms with Crippen molar-refractivity contribution in [1.29, 1.82) is 5.26 Å². The zero-order valence-corrected chi connectivity index (χ0v) is 8.11. The monoisotopic (exact) mass is 189 g/mol. The predicted octanol–water partition coefficient (Wildman–Crippen LogP) is 1.49. The highest BCUT2D eigenvalue weighted by Gasteiger charge is 2.12. The Morgan fingerprint density at radius 1 is 1.71 bits per heavy atom. The van der Waals surface area contributed by atoms with Crippen LogP contribution < -0.4 is 5.32 Å². The Balaban J connectivity index is 2.76. The van der Waals surface area contributed by atoms with E-state index in [1.807, 2.05) is 13.0 Å². The Morgan fingerprint density at radius 2 is 2.43 bits per heavy atom. The van der Waals surface area contributed by atoms with Crippen LogP contribution in [0.4, 0.5) is 5.69 Å². The summed E-state index contributed by atoms with van der Waals surface area (Å²) in [6.07, 6.45) is 3.26. The normalized spacial score (nSPS) is 11.5. The SMILES string of the molecule is Cc1cnccc1NC(=O)C(C)C#N. The van der Waals surface area contributed by atoms with Gasteiger partial charge in [-0.2, -0.15) is 5.26 Å². The number of aromatic nitrogens is 1. The van der Waals surface area contributed by atoms with Gasteiger partial charge in [0.15, 0.2) is 0 Å². The molecule has 0 bridgehead atoms. The van der Waals surface area contributed by atoms with E-state index < -0.39 is 5.92 Å². The summed E-state index contributed by atoms with van der Waals surface area (Å²) in [6.45, 7) is 3.41. The number of amides is 1. The minimum atomic E-state index is -0.637. The number of aryl methyl sites for hydroxylation is 1. The molecule has 0 spiro atoms. The summed E-state index contributed by atoms with van der Waals surface area (Å²) in [7, 11) is 0. The second kappa shape index (κ2) is 4.38. The van der Waals surface area contributed by atoms with Gasteiger partial charge in [-0.3, -0.25) is 9.78 Å². The molecule has 1 amide bonds. The van der Waals surface area contributed by atoms with Crippen LogP contribution in [0.2, 0.25) is 0 Å². The third-order valence-electron chi connectivity index (χ3n) is 1.87. The maximum absolute atomic E-state index is 11.3. The molecule has 1 aromatic heterocycles. The molecule has 1 rings (SSSR count). The van der Waals surface area contributed by atoms with Gasteiger partial charge in [-0.05, 0) is 25.5 Å². The van der Waals surface area contributed by atoms with Gasteiger partial charge < -0.3 is 5.32 Å². The van der Waals surface area contributed by atoms with E-state index in [4.69, 9.17) is 5.26 Å². The van der Waals surface area contributed by atoms with E-state index in [0.717, 1.165) is 5.56 Å². The summed E-state index contributed by atoms with van der Waals surface area (Å²) in [4.78, 5) is 15.2. The number of carbonyl (C=O) groups excluding carboxylic acids is 1. The highest BCUT2D eigenvalue weighted by atomic mass is 16.1. The van der Waals surface area contributed by atoms with E-state index >= 15 is 0 Å². The Bertz CT molecular complexity index is 381. The molecule has 0 aliphatic carbocycles. The van der Waals surface area contributed by atoms with Crippen molar-refractivity contribution in [3.63, 3.8) is 0 Å². The minimum Gasteiger partial charge on any atom is -0.325 e. The number of carbonyl (C=O) groups is 1. The molecule has 14 heavy (non-hydrogen) atoms. The topological polar surface area (TPSA) is 65.8 Å². The number of nitrogens with zero attached hydrogens (tertiary/aromatic N) is 2. The number of anilines is 1. The molecule has 0 fully saturated rings. The van der Waals surface area contributed by atoms with Crippen molar-refractivity contribution in [1.82, 2.24) is 4.98 Å². The molecule has 1 N–H and O–H groups in total. The number of pyridine rings is 1. The molecule has 1 aromatic rings. The minimum absolute atomic E-state index is 0.290. The van der Waals surface area contributed by atoms with Crippen LogP contribution >= 0.6 is 0 Å². The van der Waals surface area contributed by atoms with Gasteiger partial charge in [-0.25, -0.2) is 0 Å². The highest BCUT2D eigenvalue weighted by molar-refractivity contribution is 5.94. The van der Waals surface area contributed by atoms with Gasteiger partial charge in [0.25, 0.3) is 0 Å². The van der Waals surface area contributed by atoms with E-state index in [1.165, 1.54) is 0 Å². The third-order valence-corrected chi connectivity index (χ3v) is 1.87. The van der Waals surface area contributed by atoms with Crippen molar-refractivity contribution in [3.8, 4) is 6.07 Å². The number of nitrogens with one attached hydrogen (secondary N) is 1. The summed E-state index contributed by atoms with van der Waals surface area (Å²) in [5.41, 5.74) is 1.58. The lowest BCUT2D eigenvalue weighted by Gasteiger charge is -2.07. The van der Waals surface area contributed by atoms with Crippen LogP contribution in [0.1, 0.15) is 12.5 Å². The van der Waals surface area contributed by atoms with Crippen molar-refractivity contribution < 1.29 is 4.79 Å². The summed E-state index contributed by atoms with van der Waals surface area (Å²) in [5, 5.41) is 11.2. The maximum Gasteiger partial charge on any atom is 0.241 e. The van der Waals surface area contributed by atoms with Crippen LogP contribution in [-0.4, -0.2) is 10.9 Å². The summed E-state index contributed by atoms with van der Waals surface area (Å²) >= 11 is 0. The molecule has 4 heteroatoms. The van der Waals surface area contributed by atoms with Gasteiger partial charge in [0.1, 0.15) is 5.92 Å². The van der Waals surface area contributed by atoms with Gasteiger partial charge in [-0.1, -0.05) is 0 Å².